The Bertz CT molecular complexity index is 1270. The smallest absolute Gasteiger partial charge is 0.328 e. The lowest BCUT2D eigenvalue weighted by atomic mass is 10.1. The first-order valence-electron chi connectivity index (χ1n) is 8.73. The monoisotopic (exact) mass is 394 g/mol. The lowest BCUT2D eigenvalue weighted by Crippen LogP contribution is -2.36. The van der Waals surface area contributed by atoms with Crippen molar-refractivity contribution in [1.29, 1.82) is 0 Å². The number of fused-ring (bicyclic) bond motifs is 1. The van der Waals surface area contributed by atoms with Gasteiger partial charge in [0.15, 0.2) is 0 Å². The Morgan fingerprint density at radius 2 is 1.89 bits per heavy atom. The molecule has 7 nitrogen and oxygen atoms in total. The molecule has 2 aromatic carbocycles. The van der Waals surface area contributed by atoms with E-state index in [9.17, 15) is 9.59 Å². The van der Waals surface area contributed by atoms with Crippen LogP contribution in [0.5, 0.6) is 0 Å². The van der Waals surface area contributed by atoms with Crippen LogP contribution in [0.2, 0.25) is 0 Å². The summed E-state index contributed by atoms with van der Waals surface area (Å²) in [6.07, 6.45) is 0.178. The molecule has 0 aliphatic rings. The zero-order chi connectivity index (χ0) is 19.7. The summed E-state index contributed by atoms with van der Waals surface area (Å²) in [5.41, 5.74) is 1.34. The summed E-state index contributed by atoms with van der Waals surface area (Å²) in [6.45, 7) is 1.69. The van der Waals surface area contributed by atoms with Gasteiger partial charge in [0.1, 0.15) is 0 Å². The molecular formula is C20H18N4O3S. The molecule has 0 unspecified atom stereocenters. The zero-order valence-electron chi connectivity index (χ0n) is 15.4. The third kappa shape index (κ3) is 3.50. The highest BCUT2D eigenvalue weighted by Gasteiger charge is 2.14. The molecule has 2 heterocycles. The van der Waals surface area contributed by atoms with Crippen LogP contribution in [0, 0.1) is 6.92 Å². The number of nitrogens with one attached hydrogen (secondary N) is 1. The van der Waals surface area contributed by atoms with E-state index in [0.29, 0.717) is 28.1 Å². The van der Waals surface area contributed by atoms with E-state index in [-0.39, 0.29) is 12.0 Å². The fourth-order valence-electron chi connectivity index (χ4n) is 3.06. The third-order valence-electron chi connectivity index (χ3n) is 4.62. The first kappa shape index (κ1) is 18.2. The second-order valence-corrected chi connectivity index (χ2v) is 7.39. The maximum Gasteiger partial charge on any atom is 0.328 e. The van der Waals surface area contributed by atoms with Crippen LogP contribution in [0.25, 0.3) is 10.8 Å². The molecule has 8 heteroatoms. The Kier molecular flexibility index (Phi) is 4.87. The number of H-pyrrole nitrogens is 1. The summed E-state index contributed by atoms with van der Waals surface area (Å²) in [6, 6.07) is 14.4. The van der Waals surface area contributed by atoms with Crippen LogP contribution in [0.15, 0.2) is 61.7 Å². The van der Waals surface area contributed by atoms with Crippen molar-refractivity contribution in [2.45, 2.75) is 24.3 Å². The molecule has 0 saturated heterocycles. The van der Waals surface area contributed by atoms with Crippen LogP contribution >= 0.6 is 11.8 Å². The van der Waals surface area contributed by atoms with Gasteiger partial charge in [-0.2, -0.15) is 0 Å². The first-order valence-corrected chi connectivity index (χ1v) is 9.72. The maximum absolute atomic E-state index is 12.3. The number of aromatic amines is 1. The highest BCUT2D eigenvalue weighted by Crippen LogP contribution is 2.26. The Morgan fingerprint density at radius 3 is 2.75 bits per heavy atom. The van der Waals surface area contributed by atoms with Crippen LogP contribution in [-0.2, 0) is 19.2 Å². The molecule has 0 fully saturated rings. The second-order valence-electron chi connectivity index (χ2n) is 6.46. The number of aromatic nitrogens is 4. The van der Waals surface area contributed by atoms with Gasteiger partial charge in [0, 0.05) is 24.1 Å². The summed E-state index contributed by atoms with van der Waals surface area (Å²) in [5.74, 6) is 1.04. The first-order chi connectivity index (χ1) is 13.5. The molecule has 0 bridgehead atoms. The molecule has 0 spiro atoms. The van der Waals surface area contributed by atoms with Crippen LogP contribution in [0.4, 0.5) is 0 Å². The molecule has 4 rings (SSSR count). The number of benzene rings is 2. The number of aryl methyl sites for hydroxylation is 1. The van der Waals surface area contributed by atoms with Gasteiger partial charge in [0.05, 0.1) is 6.42 Å². The third-order valence-corrected chi connectivity index (χ3v) is 5.49. The van der Waals surface area contributed by atoms with E-state index >= 15 is 0 Å². The Morgan fingerprint density at radius 1 is 1.11 bits per heavy atom. The molecule has 0 atom stereocenters. The van der Waals surface area contributed by atoms with Crippen molar-refractivity contribution in [3.63, 3.8) is 0 Å². The minimum Gasteiger partial charge on any atom is -0.416 e. The lowest BCUT2D eigenvalue weighted by molar-refractivity contribution is 0.419. The molecule has 4 aromatic rings. The van der Waals surface area contributed by atoms with Crippen LogP contribution < -0.4 is 11.2 Å². The van der Waals surface area contributed by atoms with Crippen molar-refractivity contribution in [1.82, 2.24) is 19.7 Å². The maximum atomic E-state index is 12.3. The number of hydrogen-bond acceptors (Lipinski definition) is 6. The number of hydrogen-bond donors (Lipinski definition) is 1. The summed E-state index contributed by atoms with van der Waals surface area (Å²) in [7, 11) is 1.43. The second kappa shape index (κ2) is 7.47. The minimum absolute atomic E-state index is 0.178. The van der Waals surface area contributed by atoms with E-state index < -0.39 is 5.69 Å². The van der Waals surface area contributed by atoms with E-state index in [1.54, 1.807) is 6.92 Å². The highest BCUT2D eigenvalue weighted by atomic mass is 32.2. The van der Waals surface area contributed by atoms with E-state index in [1.807, 2.05) is 18.2 Å². The Balaban J connectivity index is 1.52. The lowest BCUT2D eigenvalue weighted by Gasteiger charge is -2.05. The summed E-state index contributed by atoms with van der Waals surface area (Å²) in [4.78, 5) is 26.6. The van der Waals surface area contributed by atoms with Gasteiger partial charge < -0.3 is 9.40 Å². The standard InChI is InChI=1S/C20H18N4O3S/c1-12-16(18(25)24(2)19(26)21-12)10-17-22-23-20(27-17)28-11-14-8-5-7-13-6-3-4-9-15(13)14/h3-9H,10-11H2,1-2H3,(H,21,26). The summed E-state index contributed by atoms with van der Waals surface area (Å²) in [5, 5.41) is 11.0. The van der Waals surface area contributed by atoms with Gasteiger partial charge in [-0.15, -0.1) is 10.2 Å². The summed E-state index contributed by atoms with van der Waals surface area (Å²) >= 11 is 1.45. The predicted octanol–water partition coefficient (Wildman–Crippen LogP) is 2.80. The normalized spacial score (nSPS) is 11.2. The molecular weight excluding hydrogens is 376 g/mol. The van der Waals surface area contributed by atoms with Gasteiger partial charge in [0.25, 0.3) is 10.8 Å². The Labute approximate surface area is 164 Å². The molecule has 2 aromatic heterocycles. The largest absolute Gasteiger partial charge is 0.416 e. The van der Waals surface area contributed by atoms with Crippen LogP contribution in [0.3, 0.4) is 0 Å². The number of rotatable bonds is 5. The molecule has 0 radical (unpaired) electrons. The van der Waals surface area contributed by atoms with E-state index in [1.165, 1.54) is 35.1 Å². The molecule has 142 valence electrons. The molecule has 0 aliphatic carbocycles. The quantitative estimate of drug-likeness (QED) is 0.523. The van der Waals surface area contributed by atoms with Gasteiger partial charge in [0.2, 0.25) is 5.89 Å². The van der Waals surface area contributed by atoms with Crippen molar-refractivity contribution in [3.05, 3.63) is 86.0 Å². The zero-order valence-corrected chi connectivity index (χ0v) is 16.2. The van der Waals surface area contributed by atoms with Crippen LogP contribution in [-0.4, -0.2) is 19.7 Å². The molecule has 28 heavy (non-hydrogen) atoms. The van der Waals surface area contributed by atoms with Crippen LogP contribution in [0.1, 0.15) is 22.7 Å². The van der Waals surface area contributed by atoms with Crippen molar-refractivity contribution < 1.29 is 4.42 Å². The Hall–Kier alpha value is -3.13. The van der Waals surface area contributed by atoms with Crippen molar-refractivity contribution in [3.8, 4) is 0 Å². The fourth-order valence-corrected chi connectivity index (χ4v) is 3.84. The highest BCUT2D eigenvalue weighted by molar-refractivity contribution is 7.98. The van der Waals surface area contributed by atoms with Crippen molar-refractivity contribution in [2.24, 2.45) is 7.05 Å². The number of nitrogens with zero attached hydrogens (tertiary/aromatic N) is 3. The van der Waals surface area contributed by atoms with E-state index in [2.05, 4.69) is 39.4 Å². The molecule has 0 amide bonds. The van der Waals surface area contributed by atoms with Gasteiger partial charge in [-0.1, -0.05) is 54.2 Å². The SMILES string of the molecule is Cc1[nH]c(=O)n(C)c(=O)c1Cc1nnc(SCc2cccc3ccccc23)o1. The molecule has 0 aliphatic heterocycles. The van der Waals surface area contributed by atoms with E-state index in [4.69, 9.17) is 4.42 Å². The number of thioether (sulfide) groups is 1. The fraction of sp³-hybridized carbons (Fsp3) is 0.200. The van der Waals surface area contributed by atoms with Crippen molar-refractivity contribution in [2.75, 3.05) is 0 Å². The summed E-state index contributed by atoms with van der Waals surface area (Å²) < 4.78 is 6.74. The topological polar surface area (TPSA) is 93.8 Å². The molecule has 1 N–H and O–H groups in total. The average molecular weight is 394 g/mol. The minimum atomic E-state index is -0.442. The van der Waals surface area contributed by atoms with E-state index in [0.717, 1.165) is 4.57 Å². The predicted molar refractivity (Wildman–Crippen MR) is 108 cm³/mol. The van der Waals surface area contributed by atoms with Crippen molar-refractivity contribution >= 4 is 22.5 Å². The van der Waals surface area contributed by atoms with Gasteiger partial charge in [-0.25, -0.2) is 4.79 Å². The van der Waals surface area contributed by atoms with Gasteiger partial charge in [-0.05, 0) is 23.3 Å². The van der Waals surface area contributed by atoms with Gasteiger partial charge in [-0.3, -0.25) is 9.36 Å². The van der Waals surface area contributed by atoms with Gasteiger partial charge >= 0.3 is 5.69 Å². The average Bonchev–Trinajstić information content (AvgIpc) is 3.15. The molecule has 0 saturated carbocycles.